The highest BCUT2D eigenvalue weighted by Gasteiger charge is 2.56. The summed E-state index contributed by atoms with van der Waals surface area (Å²) in [5.41, 5.74) is 1.31. The lowest BCUT2D eigenvalue weighted by molar-refractivity contribution is -0.146. The van der Waals surface area contributed by atoms with Gasteiger partial charge in [-0.1, -0.05) is 13.8 Å². The molecule has 4 heteroatoms. The van der Waals surface area contributed by atoms with Crippen LogP contribution in [0.1, 0.15) is 90.9 Å². The minimum atomic E-state index is -0.262. The first-order valence-electron chi connectivity index (χ1n) is 13.8. The van der Waals surface area contributed by atoms with Crippen LogP contribution in [0, 0.1) is 51.8 Å². The number of amides is 2. The van der Waals surface area contributed by atoms with Crippen molar-refractivity contribution in [1.29, 1.82) is 0 Å². The van der Waals surface area contributed by atoms with Gasteiger partial charge in [-0.15, -0.1) is 0 Å². The van der Waals surface area contributed by atoms with Crippen molar-refractivity contribution in [2.75, 3.05) is 0 Å². The molecule has 0 unspecified atom stereocenters. The quantitative estimate of drug-likeness (QED) is 0.600. The third-order valence-corrected chi connectivity index (χ3v) is 11.1. The van der Waals surface area contributed by atoms with Gasteiger partial charge in [0.25, 0.3) is 0 Å². The first kappa shape index (κ1) is 20.8. The van der Waals surface area contributed by atoms with Gasteiger partial charge in [0.1, 0.15) is 0 Å². The lowest BCUT2D eigenvalue weighted by atomic mass is 9.49. The molecule has 2 amide bonds. The van der Waals surface area contributed by atoms with E-state index in [1.165, 1.54) is 38.5 Å². The lowest BCUT2D eigenvalue weighted by Crippen LogP contribution is -2.53. The second kappa shape index (κ2) is 6.76. The van der Waals surface area contributed by atoms with Crippen molar-refractivity contribution in [2.24, 2.45) is 51.8 Å². The molecule has 9 aliphatic carbocycles. The summed E-state index contributed by atoms with van der Waals surface area (Å²) < 4.78 is 0. The van der Waals surface area contributed by atoms with Crippen molar-refractivity contribution in [3.05, 3.63) is 23.5 Å². The van der Waals surface area contributed by atoms with Crippen LogP contribution >= 0.6 is 0 Å². The lowest BCUT2D eigenvalue weighted by Gasteiger charge is -2.55. The van der Waals surface area contributed by atoms with E-state index in [1.54, 1.807) is 0 Å². The van der Waals surface area contributed by atoms with Crippen LogP contribution in [0.3, 0.4) is 0 Å². The van der Waals surface area contributed by atoms with Gasteiger partial charge in [0.2, 0.25) is 11.8 Å². The number of nitrogens with one attached hydrogen (secondary N) is 2. The zero-order chi connectivity index (χ0) is 22.6. The van der Waals surface area contributed by atoms with E-state index in [4.69, 9.17) is 0 Å². The van der Waals surface area contributed by atoms with Crippen LogP contribution in [0.2, 0.25) is 0 Å². The second-order valence-electron chi connectivity index (χ2n) is 14.2. The molecule has 0 radical (unpaired) electrons. The Morgan fingerprint density at radius 3 is 1.42 bits per heavy atom. The van der Waals surface area contributed by atoms with E-state index in [2.05, 4.69) is 36.6 Å². The van der Waals surface area contributed by atoms with Crippen LogP contribution < -0.4 is 10.6 Å². The molecular weight excluding hydrogens is 408 g/mol. The van der Waals surface area contributed by atoms with E-state index in [9.17, 15) is 9.59 Å². The van der Waals surface area contributed by atoms with Crippen LogP contribution in [0.4, 0.5) is 0 Å². The molecule has 33 heavy (non-hydrogen) atoms. The van der Waals surface area contributed by atoms with E-state index < -0.39 is 0 Å². The third-order valence-electron chi connectivity index (χ3n) is 11.1. The molecule has 4 nitrogen and oxygen atoms in total. The normalized spacial score (nSPS) is 47.9. The monoisotopic (exact) mass is 448 g/mol. The zero-order valence-corrected chi connectivity index (χ0v) is 20.4. The number of rotatable bonds is 4. The zero-order valence-electron chi connectivity index (χ0n) is 20.4. The smallest absolute Gasteiger partial charge is 0.230 e. The maximum absolute atomic E-state index is 13.6. The Morgan fingerprint density at radius 2 is 1.03 bits per heavy atom. The maximum Gasteiger partial charge on any atom is 0.230 e. The number of hydrogen-bond acceptors (Lipinski definition) is 2. The van der Waals surface area contributed by atoms with Crippen LogP contribution in [-0.2, 0) is 9.59 Å². The van der Waals surface area contributed by atoms with Gasteiger partial charge in [0, 0.05) is 16.8 Å². The van der Waals surface area contributed by atoms with E-state index in [-0.39, 0.29) is 28.1 Å². The fraction of sp³-hybridized carbons (Fsp3) is 0.793. The minimum absolute atomic E-state index is 0.140. The molecule has 8 saturated carbocycles. The Bertz CT molecular complexity index is 900. The van der Waals surface area contributed by atoms with Crippen molar-refractivity contribution in [2.45, 2.75) is 90.9 Å². The molecule has 9 aliphatic rings. The Hall–Kier alpha value is -1.58. The molecule has 8 bridgehead atoms. The summed E-state index contributed by atoms with van der Waals surface area (Å²) in [6, 6.07) is 0. The molecule has 0 spiro atoms. The van der Waals surface area contributed by atoms with Crippen molar-refractivity contribution in [1.82, 2.24) is 10.6 Å². The molecule has 0 heterocycles. The number of allylic oxidation sites excluding steroid dienone is 2. The van der Waals surface area contributed by atoms with Crippen molar-refractivity contribution in [3.63, 3.8) is 0 Å². The summed E-state index contributed by atoms with van der Waals surface area (Å²) in [7, 11) is 0. The summed E-state index contributed by atoms with van der Waals surface area (Å²) in [4.78, 5) is 27.2. The Labute approximate surface area is 198 Å². The average molecular weight is 449 g/mol. The molecule has 9 rings (SSSR count). The van der Waals surface area contributed by atoms with Gasteiger partial charge in [-0.3, -0.25) is 9.59 Å². The van der Waals surface area contributed by atoms with Crippen molar-refractivity contribution < 1.29 is 9.59 Å². The average Bonchev–Trinajstić information content (AvgIpc) is 2.98. The summed E-state index contributed by atoms with van der Waals surface area (Å²) in [6.45, 7) is 4.31. The topological polar surface area (TPSA) is 58.2 Å². The molecule has 0 saturated heterocycles. The fourth-order valence-corrected chi connectivity index (χ4v) is 10.4. The van der Waals surface area contributed by atoms with E-state index in [0.717, 1.165) is 85.4 Å². The van der Waals surface area contributed by atoms with Gasteiger partial charge in [-0.25, -0.2) is 0 Å². The predicted octanol–water partition coefficient (Wildman–Crippen LogP) is 5.46. The first-order chi connectivity index (χ1) is 15.7. The molecule has 8 fully saturated rings. The first-order valence-corrected chi connectivity index (χ1v) is 13.8. The summed E-state index contributed by atoms with van der Waals surface area (Å²) in [5.74, 6) is 5.09. The Morgan fingerprint density at radius 1 is 0.667 bits per heavy atom. The molecule has 2 N–H and O–H groups in total. The molecule has 0 aromatic rings. The Balaban J connectivity index is 1.07. The minimum Gasteiger partial charge on any atom is -0.328 e. The van der Waals surface area contributed by atoms with Gasteiger partial charge >= 0.3 is 0 Å². The van der Waals surface area contributed by atoms with Gasteiger partial charge < -0.3 is 10.6 Å². The number of carbonyl (C=O) groups excluding carboxylic acids is 2. The summed E-state index contributed by atoms with van der Waals surface area (Å²) in [5, 5.41) is 6.71. The number of carbonyl (C=O) groups is 2. The van der Waals surface area contributed by atoms with E-state index in [0.29, 0.717) is 0 Å². The van der Waals surface area contributed by atoms with Crippen LogP contribution in [0.15, 0.2) is 23.5 Å². The van der Waals surface area contributed by atoms with Crippen LogP contribution in [-0.4, -0.2) is 11.8 Å². The van der Waals surface area contributed by atoms with Crippen molar-refractivity contribution in [3.8, 4) is 0 Å². The van der Waals surface area contributed by atoms with Gasteiger partial charge in [0.05, 0.1) is 10.8 Å². The molecule has 0 aromatic carbocycles. The standard InChI is InChI=1S/C29H40N2O2/c1-27(2)16-23(30-25(32)28-10-17-3-18(11-28)5-19(4-17)12-28)9-24(27)31-26(33)29-13-20-6-21(14-29)8-22(7-20)15-29/h9,16-22H,3-8,10-15H2,1-2H3,(H,30,32)(H,31,33). The molecule has 178 valence electrons. The van der Waals surface area contributed by atoms with Crippen LogP contribution in [0.5, 0.6) is 0 Å². The highest BCUT2D eigenvalue weighted by atomic mass is 16.2. The predicted molar refractivity (Wildman–Crippen MR) is 127 cm³/mol. The maximum atomic E-state index is 13.6. The van der Waals surface area contributed by atoms with Crippen LogP contribution in [0.25, 0.3) is 0 Å². The summed E-state index contributed by atoms with van der Waals surface area (Å²) in [6.07, 6.45) is 18.8. The third kappa shape index (κ3) is 3.22. The second-order valence-corrected chi connectivity index (χ2v) is 14.2. The SMILES string of the molecule is CC1(C)C=C(NC(=O)C23CC4CC(CC(C4)C2)C3)C=C1NC(=O)C12CC3CC(CC(C3)C1)C2. The van der Waals surface area contributed by atoms with Gasteiger partial charge in [-0.2, -0.15) is 0 Å². The largest absolute Gasteiger partial charge is 0.328 e. The Kier molecular flexibility index (Phi) is 4.25. The van der Waals surface area contributed by atoms with E-state index in [1.807, 2.05) is 0 Å². The van der Waals surface area contributed by atoms with Gasteiger partial charge in [0.15, 0.2) is 0 Å². The molecule has 0 aromatic heterocycles. The number of hydrogen-bond donors (Lipinski definition) is 2. The van der Waals surface area contributed by atoms with Crippen molar-refractivity contribution >= 4 is 11.8 Å². The molecule has 0 aliphatic heterocycles. The highest BCUT2D eigenvalue weighted by molar-refractivity contribution is 5.87. The molecule has 0 atom stereocenters. The molecular formula is C29H40N2O2. The highest BCUT2D eigenvalue weighted by Crippen LogP contribution is 2.61. The van der Waals surface area contributed by atoms with Gasteiger partial charge in [-0.05, 0) is 125 Å². The van der Waals surface area contributed by atoms with E-state index >= 15 is 0 Å². The summed E-state index contributed by atoms with van der Waals surface area (Å²) >= 11 is 0. The fourth-order valence-electron chi connectivity index (χ4n) is 10.4.